The molecule has 1 saturated heterocycles. The van der Waals surface area contributed by atoms with Crippen LogP contribution < -0.4 is 25.6 Å². The molecule has 1 fully saturated rings. The smallest absolute Gasteiger partial charge is 0.226 e. The molecule has 6 nitrogen and oxygen atoms in total. The summed E-state index contributed by atoms with van der Waals surface area (Å²) in [4.78, 5) is 12.7. The number of benzene rings is 2. The molecule has 2 atom stereocenters. The van der Waals surface area contributed by atoms with Crippen molar-refractivity contribution in [2.75, 3.05) is 26.3 Å². The van der Waals surface area contributed by atoms with Crippen LogP contribution >= 0.6 is 11.6 Å². The van der Waals surface area contributed by atoms with Gasteiger partial charge in [0.05, 0.1) is 25.2 Å². The van der Waals surface area contributed by atoms with E-state index in [0.29, 0.717) is 31.3 Å². The van der Waals surface area contributed by atoms with Crippen molar-refractivity contribution in [3.05, 3.63) is 58.6 Å². The molecule has 1 aliphatic rings. The Bertz CT molecular complexity index is 813. The highest BCUT2D eigenvalue weighted by molar-refractivity contribution is 6.30. The van der Waals surface area contributed by atoms with Crippen LogP contribution in [0.3, 0.4) is 0 Å². The van der Waals surface area contributed by atoms with Crippen LogP contribution in [0.5, 0.6) is 11.5 Å². The van der Waals surface area contributed by atoms with Crippen molar-refractivity contribution in [3.8, 4) is 11.5 Å². The molecule has 2 unspecified atom stereocenters. The number of hydrogen-bond acceptors (Lipinski definition) is 5. The summed E-state index contributed by atoms with van der Waals surface area (Å²) in [7, 11) is 0. The van der Waals surface area contributed by atoms with Crippen molar-refractivity contribution >= 4 is 17.5 Å². The minimum Gasteiger partial charge on any atom is -0.490 e. The summed E-state index contributed by atoms with van der Waals surface area (Å²) in [6.45, 7) is 6.20. The third-order valence-corrected chi connectivity index (χ3v) is 5.12. The van der Waals surface area contributed by atoms with E-state index in [-0.39, 0.29) is 17.9 Å². The Hall–Kier alpha value is -2.28. The highest BCUT2D eigenvalue weighted by atomic mass is 35.5. The van der Waals surface area contributed by atoms with Gasteiger partial charge in [-0.15, -0.1) is 0 Å². The number of halogens is 1. The summed E-state index contributed by atoms with van der Waals surface area (Å²) in [6, 6.07) is 13.4. The summed E-state index contributed by atoms with van der Waals surface area (Å²) in [5, 5.41) is 3.74. The molecule has 2 aromatic rings. The van der Waals surface area contributed by atoms with Gasteiger partial charge in [0, 0.05) is 18.1 Å². The van der Waals surface area contributed by atoms with Crippen LogP contribution in [0, 0.1) is 5.92 Å². The van der Waals surface area contributed by atoms with Crippen molar-refractivity contribution in [2.45, 2.75) is 26.3 Å². The summed E-state index contributed by atoms with van der Waals surface area (Å²) < 4.78 is 11.3. The molecule has 0 bridgehead atoms. The van der Waals surface area contributed by atoms with Crippen LogP contribution in [0.25, 0.3) is 0 Å². The molecule has 0 aliphatic carbocycles. The lowest BCUT2D eigenvalue weighted by Crippen LogP contribution is -2.36. The fraction of sp³-hybridized carbons (Fsp3) is 0.409. The van der Waals surface area contributed by atoms with Gasteiger partial charge in [-0.05, 0) is 55.7 Å². The van der Waals surface area contributed by atoms with Crippen molar-refractivity contribution < 1.29 is 14.3 Å². The van der Waals surface area contributed by atoms with Gasteiger partial charge in [0.1, 0.15) is 0 Å². The standard InChI is InChI=1S/C22H28ClN3O3/c1-3-28-19-10-5-15(13-20(19)29-4-2)11-12-24-22(27)18-14-25-26-21(18)16-6-8-17(23)9-7-16/h5-10,13,18,21,25-26H,3-4,11-12,14H2,1-2H3,(H,24,27). The molecular formula is C22H28ClN3O3. The van der Waals surface area contributed by atoms with E-state index in [4.69, 9.17) is 21.1 Å². The van der Waals surface area contributed by atoms with Crippen molar-refractivity contribution in [1.82, 2.24) is 16.2 Å². The quantitative estimate of drug-likeness (QED) is 0.584. The lowest BCUT2D eigenvalue weighted by atomic mass is 9.94. The molecule has 3 rings (SSSR count). The van der Waals surface area contributed by atoms with E-state index in [2.05, 4.69) is 16.2 Å². The number of hydrazine groups is 1. The largest absolute Gasteiger partial charge is 0.490 e. The highest BCUT2D eigenvalue weighted by Crippen LogP contribution is 2.29. The molecule has 2 aromatic carbocycles. The Morgan fingerprint density at radius 1 is 1.10 bits per heavy atom. The van der Waals surface area contributed by atoms with Gasteiger partial charge in [-0.3, -0.25) is 10.2 Å². The van der Waals surface area contributed by atoms with Gasteiger partial charge < -0.3 is 14.8 Å². The Kier molecular flexibility index (Phi) is 7.75. The van der Waals surface area contributed by atoms with Gasteiger partial charge in [0.15, 0.2) is 11.5 Å². The van der Waals surface area contributed by atoms with Crippen LogP contribution in [-0.4, -0.2) is 32.2 Å². The maximum Gasteiger partial charge on any atom is 0.226 e. The number of carbonyl (C=O) groups is 1. The van der Waals surface area contributed by atoms with Gasteiger partial charge in [-0.1, -0.05) is 29.8 Å². The Morgan fingerprint density at radius 3 is 2.55 bits per heavy atom. The summed E-state index contributed by atoms with van der Waals surface area (Å²) in [5.41, 5.74) is 8.40. The molecule has 156 valence electrons. The summed E-state index contributed by atoms with van der Waals surface area (Å²) in [5.74, 6) is 1.33. The van der Waals surface area contributed by atoms with Crippen molar-refractivity contribution in [2.24, 2.45) is 5.92 Å². The zero-order chi connectivity index (χ0) is 20.6. The molecule has 3 N–H and O–H groups in total. The second kappa shape index (κ2) is 10.5. The fourth-order valence-electron chi connectivity index (χ4n) is 3.44. The lowest BCUT2D eigenvalue weighted by Gasteiger charge is -2.18. The average Bonchev–Trinajstić information content (AvgIpc) is 3.21. The lowest BCUT2D eigenvalue weighted by molar-refractivity contribution is -0.124. The monoisotopic (exact) mass is 417 g/mol. The minimum absolute atomic E-state index is 0.0263. The molecule has 7 heteroatoms. The molecule has 0 aromatic heterocycles. The van der Waals surface area contributed by atoms with E-state index in [9.17, 15) is 4.79 Å². The Labute approximate surface area is 176 Å². The molecule has 1 heterocycles. The van der Waals surface area contributed by atoms with Crippen LogP contribution in [0.1, 0.15) is 31.0 Å². The van der Waals surface area contributed by atoms with Crippen molar-refractivity contribution in [1.29, 1.82) is 0 Å². The topological polar surface area (TPSA) is 71.6 Å². The van der Waals surface area contributed by atoms with E-state index in [0.717, 1.165) is 29.0 Å². The molecular weight excluding hydrogens is 390 g/mol. The highest BCUT2D eigenvalue weighted by Gasteiger charge is 2.33. The van der Waals surface area contributed by atoms with Crippen LogP contribution in [0.15, 0.2) is 42.5 Å². The number of rotatable bonds is 9. The predicted octanol–water partition coefficient (Wildman–Crippen LogP) is 3.26. The van der Waals surface area contributed by atoms with E-state index < -0.39 is 0 Å². The Morgan fingerprint density at radius 2 is 1.83 bits per heavy atom. The van der Waals surface area contributed by atoms with E-state index in [1.807, 2.05) is 56.3 Å². The number of hydrogen-bond donors (Lipinski definition) is 3. The summed E-state index contributed by atoms with van der Waals surface area (Å²) >= 11 is 5.97. The maximum absolute atomic E-state index is 12.7. The zero-order valence-corrected chi connectivity index (χ0v) is 17.6. The van der Waals surface area contributed by atoms with Gasteiger partial charge in [0.25, 0.3) is 0 Å². The minimum atomic E-state index is -0.185. The third kappa shape index (κ3) is 5.63. The fourth-order valence-corrected chi connectivity index (χ4v) is 3.57. The molecule has 0 radical (unpaired) electrons. The number of ether oxygens (including phenoxy) is 2. The van der Waals surface area contributed by atoms with Gasteiger partial charge >= 0.3 is 0 Å². The maximum atomic E-state index is 12.7. The van der Waals surface area contributed by atoms with Crippen LogP contribution in [-0.2, 0) is 11.2 Å². The van der Waals surface area contributed by atoms with Gasteiger partial charge in [-0.2, -0.15) is 0 Å². The number of nitrogens with one attached hydrogen (secondary N) is 3. The van der Waals surface area contributed by atoms with Gasteiger partial charge in [0.2, 0.25) is 5.91 Å². The molecule has 1 amide bonds. The third-order valence-electron chi connectivity index (χ3n) is 4.87. The first-order chi connectivity index (χ1) is 14.1. The zero-order valence-electron chi connectivity index (χ0n) is 16.8. The second-order valence-corrected chi connectivity index (χ2v) is 7.29. The SMILES string of the molecule is CCOc1ccc(CCNC(=O)C2CNNC2c2ccc(Cl)cc2)cc1OCC. The molecule has 0 saturated carbocycles. The molecule has 1 aliphatic heterocycles. The average molecular weight is 418 g/mol. The predicted molar refractivity (Wildman–Crippen MR) is 114 cm³/mol. The number of carbonyl (C=O) groups excluding carboxylic acids is 1. The molecule has 29 heavy (non-hydrogen) atoms. The molecule has 0 spiro atoms. The summed E-state index contributed by atoms with van der Waals surface area (Å²) in [6.07, 6.45) is 0.720. The van der Waals surface area contributed by atoms with E-state index in [1.54, 1.807) is 0 Å². The first-order valence-corrected chi connectivity index (χ1v) is 10.4. The van der Waals surface area contributed by atoms with Crippen LogP contribution in [0.2, 0.25) is 5.02 Å². The normalized spacial score (nSPS) is 18.4. The first kappa shape index (κ1) is 21.4. The number of amides is 1. The second-order valence-electron chi connectivity index (χ2n) is 6.85. The van der Waals surface area contributed by atoms with E-state index in [1.165, 1.54) is 0 Å². The Balaban J connectivity index is 1.56. The van der Waals surface area contributed by atoms with E-state index >= 15 is 0 Å². The van der Waals surface area contributed by atoms with Gasteiger partial charge in [-0.25, -0.2) is 5.43 Å². The van der Waals surface area contributed by atoms with Crippen molar-refractivity contribution in [3.63, 3.8) is 0 Å². The first-order valence-electron chi connectivity index (χ1n) is 10.0. The van der Waals surface area contributed by atoms with Crippen LogP contribution in [0.4, 0.5) is 0 Å².